The van der Waals surface area contributed by atoms with Crippen molar-refractivity contribution in [2.45, 2.75) is 26.3 Å². The van der Waals surface area contributed by atoms with Crippen molar-refractivity contribution in [3.05, 3.63) is 35.4 Å². The molecule has 1 aliphatic rings. The van der Waals surface area contributed by atoms with Crippen LogP contribution >= 0.6 is 11.6 Å². The zero-order valence-electron chi connectivity index (χ0n) is 12.6. The molecule has 0 saturated heterocycles. The van der Waals surface area contributed by atoms with Crippen LogP contribution in [0.2, 0.25) is 5.02 Å². The monoisotopic (exact) mass is 307 g/mol. The van der Waals surface area contributed by atoms with Crippen LogP contribution in [-0.4, -0.2) is 25.5 Å². The molecule has 1 aromatic rings. The lowest BCUT2D eigenvalue weighted by Crippen LogP contribution is -2.28. The summed E-state index contributed by atoms with van der Waals surface area (Å²) >= 11 is 6.42. The van der Waals surface area contributed by atoms with Crippen molar-refractivity contribution in [3.63, 3.8) is 0 Å². The molecule has 0 bridgehead atoms. The second-order valence-corrected chi connectivity index (χ2v) is 5.50. The molecule has 1 atom stereocenters. The molecule has 0 spiro atoms. The van der Waals surface area contributed by atoms with Gasteiger partial charge in [-0.05, 0) is 32.0 Å². The van der Waals surface area contributed by atoms with Crippen LogP contribution in [0, 0.1) is 0 Å². The Balaban J connectivity index is 2.34. The first-order valence-corrected chi connectivity index (χ1v) is 7.73. The third kappa shape index (κ3) is 3.22. The Hall–Kier alpha value is -1.52. The number of anilines is 2. The van der Waals surface area contributed by atoms with Crippen molar-refractivity contribution >= 4 is 28.9 Å². The summed E-state index contributed by atoms with van der Waals surface area (Å²) in [5.41, 5.74) is 2.70. The van der Waals surface area contributed by atoms with Gasteiger partial charge in [0.1, 0.15) is 6.04 Å². The number of rotatable bonds is 7. The van der Waals surface area contributed by atoms with E-state index >= 15 is 0 Å². The summed E-state index contributed by atoms with van der Waals surface area (Å²) in [6.07, 6.45) is 2.82. The quantitative estimate of drug-likeness (QED) is 0.759. The zero-order chi connectivity index (χ0) is 15.4. The molecule has 4 nitrogen and oxygen atoms in total. The predicted molar refractivity (Wildman–Crippen MR) is 89.2 cm³/mol. The number of benzene rings is 1. The molecule has 114 valence electrons. The predicted octanol–water partition coefficient (Wildman–Crippen LogP) is 3.35. The molecule has 0 aromatic heterocycles. The van der Waals surface area contributed by atoms with E-state index in [1.54, 1.807) is 0 Å². The highest BCUT2D eigenvalue weighted by Crippen LogP contribution is 2.38. The average Bonchev–Trinajstić information content (AvgIpc) is 2.77. The number of carbonyl (C=O) groups is 1. The fourth-order valence-electron chi connectivity index (χ4n) is 2.56. The smallest absolute Gasteiger partial charge is 0.246 e. The summed E-state index contributed by atoms with van der Waals surface area (Å²) < 4.78 is 0. The first-order valence-electron chi connectivity index (χ1n) is 7.35. The standard InChI is InChI=1S/C16H22ClN3O/c1-4-7-18-15-11-9-12(17)14(20(6-3)8-5-2)10-13(11)19-16(15)21/h5,9-10,15,18H,2,4,6-8H2,1,3H3,(H,19,21). The van der Waals surface area contributed by atoms with Gasteiger partial charge in [-0.2, -0.15) is 0 Å². The van der Waals surface area contributed by atoms with Crippen LogP contribution in [-0.2, 0) is 4.79 Å². The van der Waals surface area contributed by atoms with Gasteiger partial charge in [-0.25, -0.2) is 0 Å². The SMILES string of the molecule is C=CCN(CC)c1cc2c(cc1Cl)C(NCCC)C(=O)N2. The van der Waals surface area contributed by atoms with Crippen LogP contribution in [0.25, 0.3) is 0 Å². The molecule has 0 radical (unpaired) electrons. The summed E-state index contributed by atoms with van der Waals surface area (Å²) in [7, 11) is 0. The maximum Gasteiger partial charge on any atom is 0.246 e. The Morgan fingerprint density at radius 2 is 2.24 bits per heavy atom. The molecular weight excluding hydrogens is 286 g/mol. The molecular formula is C16H22ClN3O. The second-order valence-electron chi connectivity index (χ2n) is 5.09. The summed E-state index contributed by atoms with van der Waals surface area (Å²) in [4.78, 5) is 14.2. The fourth-order valence-corrected chi connectivity index (χ4v) is 2.85. The fraction of sp³-hybridized carbons (Fsp3) is 0.438. The lowest BCUT2D eigenvalue weighted by molar-refractivity contribution is -0.117. The Bertz CT molecular complexity index is 545. The van der Waals surface area contributed by atoms with Gasteiger partial charge in [0.05, 0.1) is 10.7 Å². The van der Waals surface area contributed by atoms with E-state index in [1.807, 2.05) is 18.2 Å². The highest BCUT2D eigenvalue weighted by molar-refractivity contribution is 6.33. The molecule has 1 heterocycles. The van der Waals surface area contributed by atoms with Crippen LogP contribution in [0.3, 0.4) is 0 Å². The van der Waals surface area contributed by atoms with Crippen molar-refractivity contribution in [3.8, 4) is 0 Å². The molecule has 1 amide bonds. The van der Waals surface area contributed by atoms with Gasteiger partial charge in [0.15, 0.2) is 0 Å². The largest absolute Gasteiger partial charge is 0.367 e. The maximum atomic E-state index is 12.1. The van der Waals surface area contributed by atoms with Crippen molar-refractivity contribution < 1.29 is 4.79 Å². The van der Waals surface area contributed by atoms with E-state index in [0.29, 0.717) is 5.02 Å². The van der Waals surface area contributed by atoms with Crippen molar-refractivity contribution in [2.24, 2.45) is 0 Å². The van der Waals surface area contributed by atoms with Gasteiger partial charge in [-0.15, -0.1) is 6.58 Å². The summed E-state index contributed by atoms with van der Waals surface area (Å²) in [5.74, 6) is -0.0153. The normalized spacial score (nSPS) is 16.5. The number of hydrogen-bond acceptors (Lipinski definition) is 3. The van der Waals surface area contributed by atoms with Crippen molar-refractivity contribution in [2.75, 3.05) is 29.9 Å². The van der Waals surface area contributed by atoms with Crippen molar-refractivity contribution in [1.82, 2.24) is 5.32 Å². The number of carbonyl (C=O) groups excluding carboxylic acids is 1. The highest BCUT2D eigenvalue weighted by Gasteiger charge is 2.31. The average molecular weight is 308 g/mol. The number of amides is 1. The van der Waals surface area contributed by atoms with Crippen molar-refractivity contribution in [1.29, 1.82) is 0 Å². The van der Waals surface area contributed by atoms with Gasteiger partial charge in [0, 0.05) is 24.3 Å². The molecule has 1 aromatic carbocycles. The minimum Gasteiger partial charge on any atom is -0.367 e. The molecule has 0 aliphatic carbocycles. The Morgan fingerprint density at radius 1 is 1.48 bits per heavy atom. The lowest BCUT2D eigenvalue weighted by Gasteiger charge is -2.23. The molecule has 2 rings (SSSR count). The zero-order valence-corrected chi connectivity index (χ0v) is 13.3. The highest BCUT2D eigenvalue weighted by atomic mass is 35.5. The van der Waals surface area contributed by atoms with Crippen LogP contribution in [0.15, 0.2) is 24.8 Å². The minimum absolute atomic E-state index is 0.0153. The lowest BCUT2D eigenvalue weighted by atomic mass is 10.1. The molecule has 0 saturated carbocycles. The van der Waals surface area contributed by atoms with Gasteiger partial charge in [0.2, 0.25) is 5.91 Å². The number of nitrogens with zero attached hydrogens (tertiary/aromatic N) is 1. The minimum atomic E-state index is -0.305. The van der Waals surface area contributed by atoms with Crippen LogP contribution in [0.4, 0.5) is 11.4 Å². The molecule has 0 fully saturated rings. The molecule has 1 aliphatic heterocycles. The number of halogens is 1. The van der Waals surface area contributed by atoms with E-state index in [4.69, 9.17) is 11.6 Å². The Kier molecular flexibility index (Phi) is 5.26. The van der Waals surface area contributed by atoms with Gasteiger partial charge in [0.25, 0.3) is 0 Å². The number of likely N-dealkylation sites (N-methyl/N-ethyl adjacent to an activating group) is 1. The third-order valence-corrected chi connectivity index (χ3v) is 3.92. The van der Waals surface area contributed by atoms with Gasteiger partial charge >= 0.3 is 0 Å². The Morgan fingerprint density at radius 3 is 2.86 bits per heavy atom. The van der Waals surface area contributed by atoms with E-state index in [0.717, 1.165) is 43.0 Å². The Labute approximate surface area is 131 Å². The van der Waals surface area contributed by atoms with Crippen LogP contribution < -0.4 is 15.5 Å². The van der Waals surface area contributed by atoms with E-state index in [1.165, 1.54) is 0 Å². The number of fused-ring (bicyclic) bond motifs is 1. The third-order valence-electron chi connectivity index (χ3n) is 3.62. The number of hydrogen-bond donors (Lipinski definition) is 2. The summed E-state index contributed by atoms with van der Waals surface area (Å²) in [6.45, 7) is 10.3. The van der Waals surface area contributed by atoms with E-state index < -0.39 is 0 Å². The maximum absolute atomic E-state index is 12.1. The molecule has 2 N–H and O–H groups in total. The number of nitrogens with one attached hydrogen (secondary N) is 2. The summed E-state index contributed by atoms with van der Waals surface area (Å²) in [5, 5.41) is 6.85. The van der Waals surface area contributed by atoms with Gasteiger partial charge in [-0.3, -0.25) is 4.79 Å². The molecule has 21 heavy (non-hydrogen) atoms. The van der Waals surface area contributed by atoms with Gasteiger partial charge < -0.3 is 15.5 Å². The van der Waals surface area contributed by atoms with E-state index in [9.17, 15) is 4.79 Å². The molecule has 5 heteroatoms. The van der Waals surface area contributed by atoms with E-state index in [2.05, 4.69) is 36.0 Å². The van der Waals surface area contributed by atoms with Crippen LogP contribution in [0.5, 0.6) is 0 Å². The summed E-state index contributed by atoms with van der Waals surface area (Å²) in [6, 6.07) is 3.54. The second kappa shape index (κ2) is 6.96. The molecule has 1 unspecified atom stereocenters. The first-order chi connectivity index (χ1) is 10.1. The first kappa shape index (κ1) is 15.9. The van der Waals surface area contributed by atoms with Gasteiger partial charge in [-0.1, -0.05) is 24.6 Å². The van der Waals surface area contributed by atoms with E-state index in [-0.39, 0.29) is 11.9 Å². The topological polar surface area (TPSA) is 44.4 Å². The van der Waals surface area contributed by atoms with Crippen LogP contribution in [0.1, 0.15) is 31.9 Å².